The van der Waals surface area contributed by atoms with E-state index in [4.69, 9.17) is 24.9 Å². The Morgan fingerprint density at radius 1 is 0.189 bits per heavy atom. The molecule has 6 heteroatoms. The summed E-state index contributed by atoms with van der Waals surface area (Å²) in [5, 5.41) is 7.24. The van der Waals surface area contributed by atoms with Crippen LogP contribution in [-0.2, 0) is 0 Å². The maximum absolute atomic E-state index is 5.34. The summed E-state index contributed by atoms with van der Waals surface area (Å²) in [6, 6.07) is 101. The molecule has 12 aromatic carbocycles. The fourth-order valence-corrected chi connectivity index (χ4v) is 13.8. The van der Waals surface area contributed by atoms with Gasteiger partial charge in [0.1, 0.15) is 0 Å². The van der Waals surface area contributed by atoms with Crippen molar-refractivity contribution < 1.29 is 0 Å². The molecule has 0 bridgehead atoms. The molecule has 0 radical (unpaired) electrons. The van der Waals surface area contributed by atoms with Crippen molar-refractivity contribution in [3.63, 3.8) is 0 Å². The first-order chi connectivity index (χ1) is 44.6. The quantitative estimate of drug-likeness (QED) is 0.136. The van der Waals surface area contributed by atoms with Gasteiger partial charge in [0.2, 0.25) is 0 Å². The van der Waals surface area contributed by atoms with Gasteiger partial charge in [-0.05, 0) is 124 Å². The Kier molecular flexibility index (Phi) is 11.8. The van der Waals surface area contributed by atoms with E-state index in [9.17, 15) is 0 Å². The molecule has 16 aromatic rings. The predicted octanol–water partition coefficient (Wildman–Crippen LogP) is 21.5. The van der Waals surface area contributed by atoms with Crippen molar-refractivity contribution in [3.8, 4) is 157 Å². The average molecular weight is 1140 g/mol. The minimum absolute atomic E-state index is 0.645. The first kappa shape index (κ1) is 51.1. The van der Waals surface area contributed by atoms with Crippen LogP contribution in [0.25, 0.3) is 189 Å². The van der Waals surface area contributed by atoms with Crippen molar-refractivity contribution in [1.82, 2.24) is 29.9 Å². The Morgan fingerprint density at radius 3 is 1.21 bits per heavy atom. The standard InChI is InChI=1S/C84H50N6/c1-2-13-54(14-3-1)77-46-79(90-84(89-77)74-43-42-73-67-22-9-7-20-65(67)70-25-12-26-71(74)82(70)73)55-33-27-51(28-34-55)60-39-44-76(86-49-60)58-16-10-17-59(45-58)80-47-78(56-35-29-53(30-36-56)75-50-85-48-61-15-4-5-18-62(61)75)87-83(88-80)57-37-31-52(32-38-57)63-40-41-72-66-21-8-6-19-64(66)69-24-11-23-68(63)81(69)72/h1-50H. The fraction of sp³-hybridized carbons (Fsp3) is 0. The van der Waals surface area contributed by atoms with Crippen LogP contribution in [0.5, 0.6) is 0 Å². The maximum Gasteiger partial charge on any atom is 0.161 e. The lowest BCUT2D eigenvalue weighted by atomic mass is 9.94. The molecule has 0 spiro atoms. The smallest absolute Gasteiger partial charge is 0.161 e. The highest BCUT2D eigenvalue weighted by Crippen LogP contribution is 2.51. The molecule has 0 unspecified atom stereocenters. The highest BCUT2D eigenvalue weighted by molar-refractivity contribution is 6.20. The number of aromatic nitrogens is 6. The van der Waals surface area contributed by atoms with Crippen molar-refractivity contribution in [2.24, 2.45) is 0 Å². The number of hydrogen-bond acceptors (Lipinski definition) is 6. The van der Waals surface area contributed by atoms with Gasteiger partial charge in [0.25, 0.3) is 0 Å². The molecule has 4 heterocycles. The number of benzene rings is 12. The Labute approximate surface area is 519 Å². The Bertz CT molecular complexity index is 5500. The Hall–Kier alpha value is -12.1. The number of nitrogens with zero attached hydrogens (tertiary/aromatic N) is 6. The second kappa shape index (κ2) is 20.8. The van der Waals surface area contributed by atoms with Gasteiger partial charge in [-0.25, -0.2) is 19.9 Å². The van der Waals surface area contributed by atoms with Crippen molar-refractivity contribution in [2.75, 3.05) is 0 Å². The van der Waals surface area contributed by atoms with E-state index < -0.39 is 0 Å². The van der Waals surface area contributed by atoms with Crippen LogP contribution in [0.15, 0.2) is 304 Å². The van der Waals surface area contributed by atoms with Crippen molar-refractivity contribution in [1.29, 1.82) is 0 Å². The number of rotatable bonds is 10. The van der Waals surface area contributed by atoms with Crippen LogP contribution in [0.4, 0.5) is 0 Å². The van der Waals surface area contributed by atoms with Crippen LogP contribution in [0.1, 0.15) is 0 Å². The Balaban J connectivity index is 0.664. The van der Waals surface area contributed by atoms with Crippen LogP contribution < -0.4 is 0 Å². The van der Waals surface area contributed by atoms with Gasteiger partial charge in [-0.15, -0.1) is 0 Å². The fourth-order valence-electron chi connectivity index (χ4n) is 13.8. The lowest BCUT2D eigenvalue weighted by Crippen LogP contribution is -1.97. The molecular formula is C84H50N6. The van der Waals surface area contributed by atoms with E-state index in [1.807, 2.05) is 24.7 Å². The summed E-state index contributed by atoms with van der Waals surface area (Å²) in [7, 11) is 0. The summed E-state index contributed by atoms with van der Waals surface area (Å²) in [6.45, 7) is 0. The third-order valence-electron chi connectivity index (χ3n) is 18.2. The van der Waals surface area contributed by atoms with Crippen LogP contribution in [0.2, 0.25) is 0 Å². The van der Waals surface area contributed by atoms with Crippen LogP contribution in [-0.4, -0.2) is 29.9 Å². The first-order valence-electron chi connectivity index (χ1n) is 30.5. The topological polar surface area (TPSA) is 77.3 Å². The molecule has 0 saturated carbocycles. The molecule has 18 rings (SSSR count). The number of fused-ring (bicyclic) bond motifs is 7. The van der Waals surface area contributed by atoms with E-state index >= 15 is 0 Å². The third-order valence-corrected chi connectivity index (χ3v) is 18.2. The van der Waals surface area contributed by atoms with E-state index in [1.54, 1.807) is 0 Å². The van der Waals surface area contributed by atoms with Crippen LogP contribution in [0.3, 0.4) is 0 Å². The summed E-state index contributed by atoms with van der Waals surface area (Å²) >= 11 is 0. The van der Waals surface area contributed by atoms with Gasteiger partial charge in [0.05, 0.1) is 28.5 Å². The van der Waals surface area contributed by atoms with Crippen LogP contribution in [0, 0.1) is 0 Å². The zero-order chi connectivity index (χ0) is 59.2. The van der Waals surface area contributed by atoms with Crippen molar-refractivity contribution >= 4 is 32.3 Å². The molecule has 416 valence electrons. The zero-order valence-corrected chi connectivity index (χ0v) is 48.6. The summed E-state index contributed by atoms with van der Waals surface area (Å²) in [4.78, 5) is 30.9. The molecule has 0 atom stereocenters. The second-order valence-electron chi connectivity index (χ2n) is 23.3. The molecule has 2 aliphatic carbocycles. The zero-order valence-electron chi connectivity index (χ0n) is 48.6. The number of hydrogen-bond donors (Lipinski definition) is 0. The highest BCUT2D eigenvalue weighted by Gasteiger charge is 2.25. The van der Waals surface area contributed by atoms with Crippen molar-refractivity contribution in [2.45, 2.75) is 0 Å². The molecule has 0 aliphatic heterocycles. The van der Waals surface area contributed by atoms with Crippen molar-refractivity contribution in [3.05, 3.63) is 304 Å². The van der Waals surface area contributed by atoms with Gasteiger partial charge in [0.15, 0.2) is 11.6 Å². The molecule has 90 heavy (non-hydrogen) atoms. The molecule has 0 saturated heterocycles. The summed E-state index contributed by atoms with van der Waals surface area (Å²) in [5.74, 6) is 1.34. The Morgan fingerprint density at radius 2 is 0.600 bits per heavy atom. The van der Waals surface area contributed by atoms with E-state index in [2.05, 4.69) is 284 Å². The van der Waals surface area contributed by atoms with Gasteiger partial charge >= 0.3 is 0 Å². The highest BCUT2D eigenvalue weighted by atomic mass is 14.9. The molecular weight excluding hydrogens is 1090 g/mol. The molecule has 0 fully saturated rings. The van der Waals surface area contributed by atoms with Crippen LogP contribution >= 0.6 is 0 Å². The molecule has 4 aromatic heterocycles. The van der Waals surface area contributed by atoms with Gasteiger partial charge in [-0.1, -0.05) is 255 Å². The molecule has 6 nitrogen and oxygen atoms in total. The van der Waals surface area contributed by atoms with E-state index in [1.165, 1.54) is 71.6 Å². The number of pyridine rings is 2. The monoisotopic (exact) mass is 1140 g/mol. The molecule has 0 N–H and O–H groups in total. The molecule has 2 aliphatic rings. The van der Waals surface area contributed by atoms with Gasteiger partial charge in [-0.2, -0.15) is 0 Å². The second-order valence-corrected chi connectivity index (χ2v) is 23.3. The SMILES string of the molecule is c1ccc(-c2cc(-c3ccc(-c4ccc(-c5cccc(-c6cc(-c7ccc(-c8cncc9ccccc89)cc7)nc(-c7ccc(-c8ccc9c%10c(cccc8%10)-c8ccccc8-9)cc7)n6)c5)nc4)cc3)nc(-c3ccc4c5c(cccc35)-c3ccccc3-4)n2)cc1. The summed E-state index contributed by atoms with van der Waals surface area (Å²) in [6.07, 6.45) is 5.83. The van der Waals surface area contributed by atoms with Gasteiger partial charge in [0, 0.05) is 74.0 Å². The van der Waals surface area contributed by atoms with E-state index in [0.29, 0.717) is 11.6 Å². The summed E-state index contributed by atoms with van der Waals surface area (Å²) in [5.41, 5.74) is 28.0. The van der Waals surface area contributed by atoms with E-state index in [-0.39, 0.29) is 0 Å². The summed E-state index contributed by atoms with van der Waals surface area (Å²) < 4.78 is 0. The first-order valence-corrected chi connectivity index (χ1v) is 30.5. The molecule has 0 amide bonds. The largest absolute Gasteiger partial charge is 0.263 e. The van der Waals surface area contributed by atoms with Gasteiger partial charge in [-0.3, -0.25) is 9.97 Å². The lowest BCUT2D eigenvalue weighted by Gasteiger charge is -2.13. The average Bonchev–Trinajstić information content (AvgIpc) is 1.77. The van der Waals surface area contributed by atoms with E-state index in [0.717, 1.165) is 106 Å². The maximum atomic E-state index is 5.34. The third kappa shape index (κ3) is 8.56. The lowest BCUT2D eigenvalue weighted by molar-refractivity contribution is 1.18. The van der Waals surface area contributed by atoms with Gasteiger partial charge < -0.3 is 0 Å². The predicted molar refractivity (Wildman–Crippen MR) is 369 cm³/mol. The minimum Gasteiger partial charge on any atom is -0.263 e. The normalized spacial score (nSPS) is 11.8. The minimum atomic E-state index is 0.645.